The van der Waals surface area contributed by atoms with Crippen LogP contribution < -0.4 is 15.4 Å². The summed E-state index contributed by atoms with van der Waals surface area (Å²) in [5.74, 6) is -0.421. The highest BCUT2D eigenvalue weighted by Crippen LogP contribution is 2.58. The van der Waals surface area contributed by atoms with Crippen LogP contribution in [0.1, 0.15) is 68.7 Å². The van der Waals surface area contributed by atoms with Gasteiger partial charge in [-0.15, -0.1) is 0 Å². The van der Waals surface area contributed by atoms with E-state index in [2.05, 4.69) is 26.6 Å². The van der Waals surface area contributed by atoms with Crippen molar-refractivity contribution < 1.29 is 23.9 Å². The molecular formula is C34H34BrCl2N3O5. The standard InChI is InChI=1S/C34H34BrCl2N3O5/c1-33(2,3)45-32(43)40-13-11-23(12-14-40)44-28-10-7-20(35)16-24(28)30-34(25-9-8-22(37)17-27(25)38-31(34)42)26(18-29(41)39-30)19-5-4-6-21(36)15-19/h4-10,15-17,23,26,30H,11-14,18H2,1-3H3,(H,38,42)(H,39,41)/t26-,30+,34-/m0/s1. The number of anilines is 1. The number of amides is 3. The smallest absolute Gasteiger partial charge is 0.410 e. The lowest BCUT2D eigenvalue weighted by atomic mass is 9.59. The first kappa shape index (κ1) is 31.7. The van der Waals surface area contributed by atoms with Gasteiger partial charge in [-0.2, -0.15) is 0 Å². The van der Waals surface area contributed by atoms with Gasteiger partial charge in [0.15, 0.2) is 0 Å². The minimum Gasteiger partial charge on any atom is -0.490 e. The SMILES string of the molecule is CC(C)(C)OC(=O)N1CCC(Oc2ccc(Br)cc2[C@H]2NC(=O)C[C@@H](c3cccc(Cl)c3)[C@]23C(=O)Nc2cc(Cl)ccc23)CC1. The van der Waals surface area contributed by atoms with Crippen LogP contribution in [0.4, 0.5) is 10.5 Å². The number of likely N-dealkylation sites (tertiary alicyclic amines) is 1. The summed E-state index contributed by atoms with van der Waals surface area (Å²) >= 11 is 16.4. The number of nitrogens with one attached hydrogen (secondary N) is 2. The van der Waals surface area contributed by atoms with Gasteiger partial charge < -0.3 is 25.0 Å². The van der Waals surface area contributed by atoms with Crippen molar-refractivity contribution >= 4 is 62.7 Å². The van der Waals surface area contributed by atoms with Crippen LogP contribution in [0, 0.1) is 0 Å². The molecule has 0 saturated carbocycles. The first-order valence-electron chi connectivity index (χ1n) is 15.0. The van der Waals surface area contributed by atoms with E-state index in [0.717, 1.165) is 15.6 Å². The summed E-state index contributed by atoms with van der Waals surface area (Å²) in [6, 6.07) is 17.6. The molecule has 2 fully saturated rings. The Kier molecular flexibility index (Phi) is 8.56. The average Bonchev–Trinajstić information content (AvgIpc) is 3.25. The number of piperidine rings is 2. The van der Waals surface area contributed by atoms with Crippen LogP contribution in [0.2, 0.25) is 10.0 Å². The number of carbonyl (C=O) groups is 3. The van der Waals surface area contributed by atoms with Crippen molar-refractivity contribution in [2.24, 2.45) is 0 Å². The minimum atomic E-state index is -1.24. The van der Waals surface area contributed by atoms with Crippen LogP contribution in [0.3, 0.4) is 0 Å². The molecule has 2 N–H and O–H groups in total. The van der Waals surface area contributed by atoms with Crippen molar-refractivity contribution in [3.8, 4) is 5.75 Å². The highest BCUT2D eigenvalue weighted by Gasteiger charge is 2.61. The number of fused-ring (bicyclic) bond motifs is 2. The van der Waals surface area contributed by atoms with Gasteiger partial charge in [0.2, 0.25) is 11.8 Å². The van der Waals surface area contributed by atoms with Crippen molar-refractivity contribution in [2.45, 2.75) is 69.1 Å². The Labute approximate surface area is 280 Å². The van der Waals surface area contributed by atoms with Crippen molar-refractivity contribution in [2.75, 3.05) is 18.4 Å². The van der Waals surface area contributed by atoms with E-state index in [0.29, 0.717) is 53.0 Å². The van der Waals surface area contributed by atoms with Gasteiger partial charge in [-0.3, -0.25) is 9.59 Å². The van der Waals surface area contributed by atoms with Crippen LogP contribution in [-0.2, 0) is 19.7 Å². The second-order valence-corrected chi connectivity index (χ2v) is 14.6. The first-order chi connectivity index (χ1) is 21.3. The van der Waals surface area contributed by atoms with Crippen molar-refractivity contribution in [1.82, 2.24) is 10.2 Å². The van der Waals surface area contributed by atoms with Crippen LogP contribution in [-0.4, -0.2) is 47.6 Å². The molecule has 3 heterocycles. The molecule has 6 rings (SSSR count). The molecule has 3 aliphatic heterocycles. The summed E-state index contributed by atoms with van der Waals surface area (Å²) in [6.45, 7) is 6.52. The second kappa shape index (κ2) is 12.2. The third kappa shape index (κ3) is 6.14. The van der Waals surface area contributed by atoms with Gasteiger partial charge >= 0.3 is 6.09 Å². The summed E-state index contributed by atoms with van der Waals surface area (Å²) in [5.41, 5.74) is 0.981. The molecule has 3 aliphatic rings. The summed E-state index contributed by atoms with van der Waals surface area (Å²) in [7, 11) is 0. The molecule has 2 saturated heterocycles. The second-order valence-electron chi connectivity index (χ2n) is 12.8. The van der Waals surface area contributed by atoms with Crippen LogP contribution in [0.15, 0.2) is 65.1 Å². The van der Waals surface area contributed by atoms with Gasteiger partial charge in [-0.1, -0.05) is 57.3 Å². The fraction of sp³-hybridized carbons (Fsp3) is 0.382. The number of ether oxygens (including phenoxy) is 2. The number of halogens is 3. The molecule has 0 aromatic heterocycles. The third-order valence-corrected chi connectivity index (χ3v) is 9.64. The Bertz CT molecular complexity index is 1670. The molecule has 8 nitrogen and oxygen atoms in total. The largest absolute Gasteiger partial charge is 0.490 e. The average molecular weight is 715 g/mol. The molecule has 0 radical (unpaired) electrons. The number of nitrogens with zero attached hydrogens (tertiary/aromatic N) is 1. The van der Waals surface area contributed by atoms with Gasteiger partial charge in [-0.25, -0.2) is 4.79 Å². The van der Waals surface area contributed by atoms with Crippen LogP contribution >= 0.6 is 39.1 Å². The van der Waals surface area contributed by atoms with Crippen molar-refractivity contribution in [3.63, 3.8) is 0 Å². The van der Waals surface area contributed by atoms with E-state index in [1.165, 1.54) is 0 Å². The third-order valence-electron chi connectivity index (χ3n) is 8.67. The van der Waals surface area contributed by atoms with Gasteiger partial charge in [0.1, 0.15) is 22.9 Å². The molecule has 11 heteroatoms. The predicted molar refractivity (Wildman–Crippen MR) is 177 cm³/mol. The maximum absolute atomic E-state index is 14.4. The van der Waals surface area contributed by atoms with Crippen LogP contribution in [0.5, 0.6) is 5.75 Å². The van der Waals surface area contributed by atoms with Crippen molar-refractivity contribution in [3.05, 3.63) is 91.9 Å². The molecule has 45 heavy (non-hydrogen) atoms. The number of hydrogen-bond acceptors (Lipinski definition) is 5. The van der Waals surface area contributed by atoms with Gasteiger partial charge in [0.05, 0.1) is 6.04 Å². The van der Waals surface area contributed by atoms with E-state index in [1.54, 1.807) is 23.1 Å². The number of rotatable bonds is 4. The number of benzene rings is 3. The van der Waals surface area contributed by atoms with E-state index >= 15 is 0 Å². The molecule has 0 aliphatic carbocycles. The number of hydrogen-bond donors (Lipinski definition) is 2. The lowest BCUT2D eigenvalue weighted by Crippen LogP contribution is -2.57. The predicted octanol–water partition coefficient (Wildman–Crippen LogP) is 7.77. The normalized spacial score (nSPS) is 23.4. The zero-order chi connectivity index (χ0) is 32.1. The molecule has 236 valence electrons. The zero-order valence-electron chi connectivity index (χ0n) is 25.2. The molecule has 3 atom stereocenters. The molecule has 1 spiro atoms. The summed E-state index contributed by atoms with van der Waals surface area (Å²) in [4.78, 5) is 42.3. The fourth-order valence-corrected chi connectivity index (χ4v) is 7.53. The summed E-state index contributed by atoms with van der Waals surface area (Å²) < 4.78 is 13.0. The monoisotopic (exact) mass is 713 g/mol. The maximum atomic E-state index is 14.4. The minimum absolute atomic E-state index is 0.0830. The summed E-state index contributed by atoms with van der Waals surface area (Å²) in [5, 5.41) is 7.25. The molecule has 3 aromatic rings. The van der Waals surface area contributed by atoms with E-state index < -0.39 is 23.0 Å². The molecule has 0 bridgehead atoms. The Balaban J connectivity index is 1.40. The lowest BCUT2D eigenvalue weighted by Gasteiger charge is -2.47. The van der Waals surface area contributed by atoms with E-state index in [4.69, 9.17) is 32.7 Å². The topological polar surface area (TPSA) is 97.0 Å². The van der Waals surface area contributed by atoms with Gasteiger partial charge in [0.25, 0.3) is 0 Å². The Morgan fingerprint density at radius 3 is 2.44 bits per heavy atom. The molecule has 3 amide bonds. The van der Waals surface area contributed by atoms with E-state index in [-0.39, 0.29) is 30.4 Å². The summed E-state index contributed by atoms with van der Waals surface area (Å²) in [6.07, 6.45) is 0.759. The molecule has 3 aromatic carbocycles. The zero-order valence-corrected chi connectivity index (χ0v) is 28.3. The van der Waals surface area contributed by atoms with Gasteiger partial charge in [0, 0.05) is 64.0 Å². The first-order valence-corrected chi connectivity index (χ1v) is 16.5. The fourth-order valence-electron chi connectivity index (χ4n) is 6.78. The lowest BCUT2D eigenvalue weighted by molar-refractivity contribution is -0.131. The Morgan fingerprint density at radius 2 is 1.73 bits per heavy atom. The van der Waals surface area contributed by atoms with E-state index in [1.807, 2.05) is 63.2 Å². The van der Waals surface area contributed by atoms with Crippen molar-refractivity contribution in [1.29, 1.82) is 0 Å². The highest BCUT2D eigenvalue weighted by molar-refractivity contribution is 9.10. The van der Waals surface area contributed by atoms with Crippen LogP contribution in [0.25, 0.3) is 0 Å². The van der Waals surface area contributed by atoms with Gasteiger partial charge in [-0.05, 0) is 74.4 Å². The van der Waals surface area contributed by atoms with E-state index in [9.17, 15) is 14.4 Å². The quantitative estimate of drug-likeness (QED) is 0.288. The maximum Gasteiger partial charge on any atom is 0.410 e. The molecule has 0 unspecified atom stereocenters. The Hall–Kier alpha value is -3.27. The highest BCUT2D eigenvalue weighted by atomic mass is 79.9. The number of carbonyl (C=O) groups excluding carboxylic acids is 3. The molecular weight excluding hydrogens is 681 g/mol. The Morgan fingerprint density at radius 1 is 1.00 bits per heavy atom.